The largest absolute Gasteiger partial charge is 0.366 e. The topological polar surface area (TPSA) is 54.9 Å². The number of nitrogens with zero attached hydrogens (tertiary/aromatic N) is 2. The Hall–Kier alpha value is -0.680. The fraction of sp³-hybridized carbons (Fsp3) is 0.636. The lowest BCUT2D eigenvalue weighted by molar-refractivity contribution is 0.678. The number of rotatable bonds is 5. The molecule has 1 aromatic rings. The van der Waals surface area contributed by atoms with Gasteiger partial charge in [-0.05, 0) is 38.3 Å². The molecule has 0 fully saturated rings. The minimum Gasteiger partial charge on any atom is -0.366 e. The number of anilines is 1. The van der Waals surface area contributed by atoms with Crippen molar-refractivity contribution in [2.45, 2.75) is 33.2 Å². The summed E-state index contributed by atoms with van der Waals surface area (Å²) in [7, 11) is -0.755. The van der Waals surface area contributed by atoms with Crippen molar-refractivity contribution in [3.05, 3.63) is 16.3 Å². The van der Waals surface area contributed by atoms with Crippen LogP contribution in [0.25, 0.3) is 0 Å². The maximum absolute atomic E-state index is 11.0. The standard InChI is InChI=1S/C11H18ClN3OS/c1-7(5-6-17(4)16)13-11-9(3)8(2)10(12)14-15-11/h7H,5-6H2,1-4H3,(H,13,15). The monoisotopic (exact) mass is 275 g/mol. The Bertz CT molecular complexity index is 425. The van der Waals surface area contributed by atoms with Crippen LogP contribution < -0.4 is 5.32 Å². The van der Waals surface area contributed by atoms with E-state index in [4.69, 9.17) is 11.6 Å². The van der Waals surface area contributed by atoms with E-state index in [0.29, 0.717) is 10.9 Å². The third-order valence-electron chi connectivity index (χ3n) is 2.69. The lowest BCUT2D eigenvalue weighted by Gasteiger charge is -2.16. The van der Waals surface area contributed by atoms with Crippen LogP contribution in [0.4, 0.5) is 5.82 Å². The van der Waals surface area contributed by atoms with Crippen molar-refractivity contribution >= 4 is 28.2 Å². The maximum atomic E-state index is 11.0. The molecule has 0 aliphatic carbocycles. The molecule has 2 atom stereocenters. The normalized spacial score (nSPS) is 14.4. The molecule has 0 amide bonds. The minimum absolute atomic E-state index is 0.215. The van der Waals surface area contributed by atoms with Gasteiger partial charge in [0.2, 0.25) is 0 Å². The SMILES string of the molecule is Cc1c(Cl)nnc(NC(C)CCS(C)=O)c1C. The molecule has 0 radical (unpaired) electrons. The van der Waals surface area contributed by atoms with E-state index in [1.807, 2.05) is 20.8 Å². The third-order valence-corrected chi connectivity index (χ3v) is 3.86. The van der Waals surface area contributed by atoms with Crippen LogP contribution in [-0.4, -0.2) is 32.5 Å². The molecule has 0 saturated carbocycles. The number of hydrogen-bond donors (Lipinski definition) is 1. The van der Waals surface area contributed by atoms with Gasteiger partial charge in [-0.25, -0.2) is 0 Å². The first-order chi connectivity index (χ1) is 7.91. The molecule has 96 valence electrons. The fourth-order valence-electron chi connectivity index (χ4n) is 1.36. The van der Waals surface area contributed by atoms with Gasteiger partial charge in [0, 0.05) is 28.9 Å². The highest BCUT2D eigenvalue weighted by Gasteiger charge is 2.10. The predicted octanol–water partition coefficient (Wildman–Crippen LogP) is 2.32. The van der Waals surface area contributed by atoms with Gasteiger partial charge in [-0.15, -0.1) is 10.2 Å². The summed E-state index contributed by atoms with van der Waals surface area (Å²) in [6, 6.07) is 0.215. The van der Waals surface area contributed by atoms with Gasteiger partial charge in [0.25, 0.3) is 0 Å². The number of halogens is 1. The zero-order valence-electron chi connectivity index (χ0n) is 10.6. The van der Waals surface area contributed by atoms with Crippen LogP contribution in [0.1, 0.15) is 24.5 Å². The Morgan fingerprint density at radius 2 is 2.00 bits per heavy atom. The van der Waals surface area contributed by atoms with Gasteiger partial charge >= 0.3 is 0 Å². The summed E-state index contributed by atoms with van der Waals surface area (Å²) in [6.45, 7) is 5.92. The van der Waals surface area contributed by atoms with E-state index in [9.17, 15) is 4.21 Å². The molecule has 1 aromatic heterocycles. The number of hydrogen-bond acceptors (Lipinski definition) is 4. The molecule has 4 nitrogen and oxygen atoms in total. The molecule has 0 aliphatic rings. The van der Waals surface area contributed by atoms with Crippen LogP contribution >= 0.6 is 11.6 Å². The van der Waals surface area contributed by atoms with Crippen LogP contribution in [0.15, 0.2) is 0 Å². The van der Waals surface area contributed by atoms with Crippen LogP contribution in [0.3, 0.4) is 0 Å². The van der Waals surface area contributed by atoms with E-state index >= 15 is 0 Å². The maximum Gasteiger partial charge on any atom is 0.155 e. The van der Waals surface area contributed by atoms with Crippen molar-refractivity contribution in [3.63, 3.8) is 0 Å². The molecule has 2 unspecified atom stereocenters. The quantitative estimate of drug-likeness (QED) is 0.896. The van der Waals surface area contributed by atoms with Gasteiger partial charge in [0.15, 0.2) is 11.0 Å². The zero-order chi connectivity index (χ0) is 13.0. The summed E-state index contributed by atoms with van der Waals surface area (Å²) < 4.78 is 11.0. The lowest BCUT2D eigenvalue weighted by atomic mass is 10.2. The van der Waals surface area contributed by atoms with Crippen molar-refractivity contribution in [2.75, 3.05) is 17.3 Å². The average molecular weight is 276 g/mol. The molecule has 0 bridgehead atoms. The molecule has 6 heteroatoms. The Balaban J connectivity index is 2.68. The number of nitrogens with one attached hydrogen (secondary N) is 1. The first-order valence-electron chi connectivity index (χ1n) is 5.47. The van der Waals surface area contributed by atoms with Gasteiger partial charge < -0.3 is 5.32 Å². The summed E-state index contributed by atoms with van der Waals surface area (Å²) in [5.74, 6) is 1.44. The predicted molar refractivity (Wildman–Crippen MR) is 73.2 cm³/mol. The van der Waals surface area contributed by atoms with E-state index < -0.39 is 10.8 Å². The van der Waals surface area contributed by atoms with Crippen molar-refractivity contribution in [2.24, 2.45) is 0 Å². The highest BCUT2D eigenvalue weighted by atomic mass is 35.5. The molecule has 0 spiro atoms. The van der Waals surface area contributed by atoms with Crippen LogP contribution in [-0.2, 0) is 10.8 Å². The third kappa shape index (κ3) is 4.24. The molecular formula is C11H18ClN3OS. The Labute approximate surface area is 110 Å². The van der Waals surface area contributed by atoms with Crippen molar-refractivity contribution in [3.8, 4) is 0 Å². The van der Waals surface area contributed by atoms with Crippen molar-refractivity contribution < 1.29 is 4.21 Å². The van der Waals surface area contributed by atoms with Crippen LogP contribution in [0.5, 0.6) is 0 Å². The smallest absolute Gasteiger partial charge is 0.155 e. The van der Waals surface area contributed by atoms with E-state index in [2.05, 4.69) is 15.5 Å². The highest BCUT2D eigenvalue weighted by molar-refractivity contribution is 7.84. The number of aromatic nitrogens is 2. The highest BCUT2D eigenvalue weighted by Crippen LogP contribution is 2.21. The Morgan fingerprint density at radius 1 is 1.35 bits per heavy atom. The summed E-state index contributed by atoms with van der Waals surface area (Å²) in [6.07, 6.45) is 2.55. The second-order valence-corrected chi connectivity index (χ2v) is 6.11. The van der Waals surface area contributed by atoms with Gasteiger partial charge in [-0.1, -0.05) is 11.6 Å². The van der Waals surface area contributed by atoms with Crippen LogP contribution in [0, 0.1) is 13.8 Å². The molecular weight excluding hydrogens is 258 g/mol. The summed E-state index contributed by atoms with van der Waals surface area (Å²) in [5, 5.41) is 11.6. The van der Waals surface area contributed by atoms with Crippen molar-refractivity contribution in [1.29, 1.82) is 0 Å². The van der Waals surface area contributed by atoms with Gasteiger partial charge in [-0.3, -0.25) is 4.21 Å². The van der Waals surface area contributed by atoms with Crippen molar-refractivity contribution in [1.82, 2.24) is 10.2 Å². The Morgan fingerprint density at radius 3 is 2.59 bits per heavy atom. The molecule has 0 aromatic carbocycles. The summed E-state index contributed by atoms with van der Waals surface area (Å²) in [4.78, 5) is 0. The van der Waals surface area contributed by atoms with E-state index in [0.717, 1.165) is 23.4 Å². The minimum atomic E-state index is -0.755. The fourth-order valence-corrected chi connectivity index (χ4v) is 2.23. The zero-order valence-corrected chi connectivity index (χ0v) is 12.2. The van der Waals surface area contributed by atoms with Gasteiger partial charge in [0.05, 0.1) is 0 Å². The average Bonchev–Trinajstić information content (AvgIpc) is 2.27. The van der Waals surface area contributed by atoms with Crippen LogP contribution in [0.2, 0.25) is 5.15 Å². The summed E-state index contributed by atoms with van der Waals surface area (Å²) >= 11 is 5.88. The molecule has 1 rings (SSSR count). The first-order valence-corrected chi connectivity index (χ1v) is 7.58. The second kappa shape index (κ2) is 6.31. The van der Waals surface area contributed by atoms with Gasteiger partial charge in [0.1, 0.15) is 0 Å². The Kier molecular flexibility index (Phi) is 5.33. The van der Waals surface area contributed by atoms with Gasteiger partial charge in [-0.2, -0.15) is 0 Å². The summed E-state index contributed by atoms with van der Waals surface area (Å²) in [5.41, 5.74) is 1.95. The molecule has 1 heterocycles. The van der Waals surface area contributed by atoms with E-state index in [-0.39, 0.29) is 6.04 Å². The first kappa shape index (κ1) is 14.4. The molecule has 17 heavy (non-hydrogen) atoms. The second-order valence-electron chi connectivity index (χ2n) is 4.20. The molecule has 0 saturated heterocycles. The lowest BCUT2D eigenvalue weighted by Crippen LogP contribution is -2.20. The van der Waals surface area contributed by atoms with E-state index in [1.165, 1.54) is 0 Å². The molecule has 1 N–H and O–H groups in total. The van der Waals surface area contributed by atoms with E-state index in [1.54, 1.807) is 6.26 Å². The molecule has 0 aliphatic heterocycles.